The number of ether oxygens (including phenoxy) is 1. The normalized spacial score (nSPS) is 11.8. The van der Waals surface area contributed by atoms with Gasteiger partial charge in [0.05, 0.1) is 45.7 Å². The summed E-state index contributed by atoms with van der Waals surface area (Å²) in [5.41, 5.74) is 11.6. The molecule has 0 aliphatic carbocycles. The van der Waals surface area contributed by atoms with Crippen molar-refractivity contribution in [2.24, 2.45) is 7.05 Å². The number of imidazole rings is 1. The number of para-hydroxylation sites is 6. The van der Waals surface area contributed by atoms with Crippen molar-refractivity contribution in [2.75, 3.05) is 0 Å². The number of rotatable bonds is 6. The zero-order valence-corrected chi connectivity index (χ0v) is 36.1. The summed E-state index contributed by atoms with van der Waals surface area (Å²) in [7, 11) is 2.00. The van der Waals surface area contributed by atoms with Gasteiger partial charge < -0.3 is 27.6 Å². The van der Waals surface area contributed by atoms with E-state index < -0.39 is 0 Å². The minimum Gasteiger partial charge on any atom is -0.510 e. The minimum atomic E-state index is 0. The van der Waals surface area contributed by atoms with Crippen molar-refractivity contribution >= 4 is 76.5 Å². The Labute approximate surface area is 376 Å². The average Bonchev–Trinajstić information content (AvgIpc) is 4.06. The fraction of sp³-hybridized carbons (Fsp3) is 0.0182. The summed E-state index contributed by atoms with van der Waals surface area (Å²) in [6, 6.07) is 70.8. The molecule has 0 radical (unpaired) electrons. The van der Waals surface area contributed by atoms with Crippen molar-refractivity contribution in [2.45, 2.75) is 0 Å². The van der Waals surface area contributed by atoms with Gasteiger partial charge in [0.15, 0.2) is 0 Å². The fourth-order valence-electron chi connectivity index (χ4n) is 9.69. The molecule has 0 atom stereocenters. The molecule has 0 spiro atoms. The molecule has 8 aromatic carbocycles. The summed E-state index contributed by atoms with van der Waals surface area (Å²) in [5.74, 6) is 1.94. The maximum atomic E-state index is 6.71. The molecular weight excluding hydrogens is 956 g/mol. The van der Waals surface area contributed by atoms with Crippen LogP contribution in [0.15, 0.2) is 188 Å². The van der Waals surface area contributed by atoms with Crippen molar-refractivity contribution in [3.63, 3.8) is 0 Å². The topological polar surface area (TPSA) is 45.7 Å². The molecule has 302 valence electrons. The second kappa shape index (κ2) is 14.4. The Bertz CT molecular complexity index is 3900. The fourth-order valence-corrected chi connectivity index (χ4v) is 9.69. The zero-order valence-electron chi connectivity index (χ0n) is 33.8. The van der Waals surface area contributed by atoms with Crippen LogP contribution >= 0.6 is 0 Å². The van der Waals surface area contributed by atoms with E-state index in [9.17, 15) is 0 Å². The molecule has 8 heteroatoms. The van der Waals surface area contributed by atoms with Gasteiger partial charge in [-0.15, -0.1) is 29.7 Å². The first kappa shape index (κ1) is 37.1. The quantitative estimate of drug-likeness (QED) is 0.123. The summed E-state index contributed by atoms with van der Waals surface area (Å²) in [6.45, 7) is 0. The number of aromatic nitrogens is 6. The number of fused-ring (bicyclic) bond motifs is 13. The molecule has 0 aliphatic rings. The standard InChI is InChI=1S/C55H34N6O.Pt/c1-57-35-58(47-28-13-12-27-46(47)57)38-21-16-22-39(33-38)62-40-30-31-43-48(34-40)61(49-29-14-15-32-56-49)53-50(43)51-41-23-8-10-25-44(41)59(36-17-4-2-5-18-36)54(51)55-52(53)42-24-9-11-26-45(42)60(55)37-19-6-3-7-20-37;/h2-32H,1H3;/q-2;. The van der Waals surface area contributed by atoms with Crippen molar-refractivity contribution in [1.82, 2.24) is 23.3 Å². The van der Waals surface area contributed by atoms with Crippen LogP contribution in [0.25, 0.3) is 99.3 Å². The first-order valence-corrected chi connectivity index (χ1v) is 20.7. The molecule has 0 N–H and O–H groups in total. The molecule has 5 aromatic heterocycles. The van der Waals surface area contributed by atoms with Gasteiger partial charge in [-0.3, -0.25) is 0 Å². The average molecular weight is 990 g/mol. The van der Waals surface area contributed by atoms with Crippen molar-refractivity contribution in [1.29, 1.82) is 0 Å². The number of pyridine rings is 1. The minimum absolute atomic E-state index is 0. The smallest absolute Gasteiger partial charge is 0.242 e. The Hall–Kier alpha value is -7.73. The van der Waals surface area contributed by atoms with Gasteiger partial charge in [-0.05, 0) is 53.9 Å². The van der Waals surface area contributed by atoms with Crippen LogP contribution in [-0.2, 0) is 28.1 Å². The van der Waals surface area contributed by atoms with Crippen LogP contribution in [-0.4, -0.2) is 23.3 Å². The molecule has 0 saturated heterocycles. The second-order valence-electron chi connectivity index (χ2n) is 15.6. The summed E-state index contributed by atoms with van der Waals surface area (Å²) in [6.07, 6.45) is 5.29. The van der Waals surface area contributed by atoms with Crippen LogP contribution in [0.1, 0.15) is 0 Å². The van der Waals surface area contributed by atoms with E-state index in [1.165, 1.54) is 0 Å². The molecule has 13 rings (SSSR count). The van der Waals surface area contributed by atoms with Gasteiger partial charge in [0.1, 0.15) is 5.82 Å². The van der Waals surface area contributed by atoms with Gasteiger partial charge in [-0.2, -0.15) is 18.2 Å². The van der Waals surface area contributed by atoms with Crippen LogP contribution in [0.5, 0.6) is 11.5 Å². The molecular formula is C55H34N6OPt-2. The Balaban J connectivity index is 0.00000421. The number of aryl methyl sites for hydroxylation is 1. The first-order valence-electron chi connectivity index (χ1n) is 20.7. The first-order chi connectivity index (χ1) is 30.7. The number of benzene rings is 8. The van der Waals surface area contributed by atoms with E-state index in [0.717, 1.165) is 99.3 Å². The van der Waals surface area contributed by atoms with Crippen molar-refractivity contribution < 1.29 is 30.4 Å². The van der Waals surface area contributed by atoms with Gasteiger partial charge in [-0.25, -0.2) is 4.98 Å². The maximum Gasteiger partial charge on any atom is 0.242 e. The van der Waals surface area contributed by atoms with E-state index in [4.69, 9.17) is 9.72 Å². The van der Waals surface area contributed by atoms with Crippen LogP contribution in [0, 0.1) is 18.5 Å². The van der Waals surface area contributed by atoms with E-state index in [1.807, 2.05) is 70.9 Å². The third kappa shape index (κ3) is 5.49. The zero-order chi connectivity index (χ0) is 40.9. The molecule has 0 aliphatic heterocycles. The predicted molar refractivity (Wildman–Crippen MR) is 248 cm³/mol. The number of nitrogens with zero attached hydrogens (tertiary/aromatic N) is 6. The molecule has 5 heterocycles. The Kier molecular flexibility index (Phi) is 8.50. The number of hydrogen-bond donors (Lipinski definition) is 0. The van der Waals surface area contributed by atoms with E-state index in [1.54, 1.807) is 0 Å². The van der Waals surface area contributed by atoms with E-state index in [2.05, 4.69) is 166 Å². The van der Waals surface area contributed by atoms with Gasteiger partial charge in [0.25, 0.3) is 0 Å². The van der Waals surface area contributed by atoms with Crippen LogP contribution in [0.2, 0.25) is 0 Å². The largest absolute Gasteiger partial charge is 0.510 e. The predicted octanol–water partition coefficient (Wildman–Crippen LogP) is 12.3. The van der Waals surface area contributed by atoms with Crippen molar-refractivity contribution in [3.05, 3.63) is 207 Å². The molecule has 0 fully saturated rings. The van der Waals surface area contributed by atoms with Gasteiger partial charge >= 0.3 is 0 Å². The molecule has 0 amide bonds. The van der Waals surface area contributed by atoms with Crippen molar-refractivity contribution in [3.8, 4) is 34.4 Å². The summed E-state index contributed by atoms with van der Waals surface area (Å²) in [5, 5.41) is 6.80. The third-order valence-corrected chi connectivity index (χ3v) is 12.2. The summed E-state index contributed by atoms with van der Waals surface area (Å²) in [4.78, 5) is 5.03. The second-order valence-corrected chi connectivity index (χ2v) is 15.6. The Morgan fingerprint density at radius 3 is 1.76 bits per heavy atom. The van der Waals surface area contributed by atoms with Gasteiger partial charge in [-0.1, -0.05) is 114 Å². The summed E-state index contributed by atoms with van der Waals surface area (Å²) < 4.78 is 17.9. The van der Waals surface area contributed by atoms with Crippen LogP contribution in [0.4, 0.5) is 0 Å². The number of hydrogen-bond acceptors (Lipinski definition) is 2. The molecule has 0 saturated carbocycles. The van der Waals surface area contributed by atoms with Crippen LogP contribution in [0.3, 0.4) is 0 Å². The third-order valence-electron chi connectivity index (χ3n) is 12.2. The van der Waals surface area contributed by atoms with Gasteiger partial charge in [0, 0.05) is 71.7 Å². The maximum absolute atomic E-state index is 6.71. The van der Waals surface area contributed by atoms with Crippen LogP contribution < -0.4 is 9.30 Å². The molecule has 63 heavy (non-hydrogen) atoms. The Morgan fingerprint density at radius 2 is 1.06 bits per heavy atom. The SMILES string of the molecule is Cn1[c-][n+](-c2[c-]c(Oc3[c-]c4c(cc3)c3c5c6ccccc6n(-c6ccccc6)c5c5c(c6ccccc6n5-c5ccccc5)c3n4-c3ccccn3)ccc2)c2ccccc21.[Pt]. The van der Waals surface area contributed by atoms with Gasteiger partial charge in [0.2, 0.25) is 6.33 Å². The van der Waals surface area contributed by atoms with E-state index in [0.29, 0.717) is 11.5 Å². The molecule has 13 aromatic rings. The summed E-state index contributed by atoms with van der Waals surface area (Å²) >= 11 is 0. The van der Waals surface area contributed by atoms with E-state index >= 15 is 0 Å². The Morgan fingerprint density at radius 1 is 0.476 bits per heavy atom. The monoisotopic (exact) mass is 989 g/mol. The molecule has 7 nitrogen and oxygen atoms in total. The molecule has 0 bridgehead atoms. The molecule has 0 unspecified atom stereocenters. The van der Waals surface area contributed by atoms with E-state index in [-0.39, 0.29) is 21.1 Å².